The van der Waals surface area contributed by atoms with Gasteiger partial charge in [-0.05, 0) is 31.4 Å². The minimum Gasteiger partial charge on any atom is -1.00 e. The average molecular weight is 246 g/mol. The molecule has 0 bridgehead atoms. The van der Waals surface area contributed by atoms with Crippen molar-refractivity contribution in [3.8, 4) is 0 Å². The third-order valence-corrected chi connectivity index (χ3v) is 2.80. The number of likely N-dealkylation sites (tertiary alicyclic amines) is 1. The number of hydrogen-bond acceptors (Lipinski definition) is 0. The molecule has 0 aromatic rings. The number of nitrogens with zero attached hydrogens (tertiary/aromatic N) is 1. The molecule has 13 heavy (non-hydrogen) atoms. The van der Waals surface area contributed by atoms with Gasteiger partial charge in [0.15, 0.2) is 0 Å². The molecular weight excluding hydrogens is 226 g/mol. The maximum Gasteiger partial charge on any atom is 0.0973 e. The van der Waals surface area contributed by atoms with E-state index < -0.39 is 0 Å². The van der Waals surface area contributed by atoms with Crippen LogP contribution in [0.15, 0.2) is 25.3 Å². The summed E-state index contributed by atoms with van der Waals surface area (Å²) >= 11 is 0. The lowest BCUT2D eigenvalue weighted by Crippen LogP contribution is -3.00. The molecule has 0 N–H and O–H groups in total. The first-order valence-corrected chi connectivity index (χ1v) is 4.90. The van der Waals surface area contributed by atoms with Crippen LogP contribution >= 0.6 is 0 Å². The standard InChI is InChI=1S/C11H20N.BrH/c1-3-8-12(9-4-2)10-6-5-7-11-12;/h3-4H,1-2,5-11H2;1H/q+1;/p-1. The number of piperidine rings is 1. The molecule has 1 aliphatic rings. The van der Waals surface area contributed by atoms with Gasteiger partial charge < -0.3 is 21.5 Å². The number of quaternary nitrogens is 1. The summed E-state index contributed by atoms with van der Waals surface area (Å²) in [5.74, 6) is 0. The Kier molecular flexibility index (Phi) is 6.35. The largest absolute Gasteiger partial charge is 1.00 e. The minimum atomic E-state index is 0. The highest BCUT2D eigenvalue weighted by molar-refractivity contribution is 4.73. The predicted molar refractivity (Wildman–Crippen MR) is 54.0 cm³/mol. The Morgan fingerprint density at radius 3 is 1.77 bits per heavy atom. The second-order valence-electron chi connectivity index (χ2n) is 3.79. The van der Waals surface area contributed by atoms with E-state index in [1.165, 1.54) is 36.8 Å². The second kappa shape index (κ2) is 6.39. The van der Waals surface area contributed by atoms with Gasteiger partial charge in [0.05, 0.1) is 26.2 Å². The first-order valence-electron chi connectivity index (χ1n) is 4.90. The highest BCUT2D eigenvalue weighted by Crippen LogP contribution is 2.18. The van der Waals surface area contributed by atoms with Gasteiger partial charge in [0.25, 0.3) is 0 Å². The Hall–Kier alpha value is -0.0800. The van der Waals surface area contributed by atoms with Gasteiger partial charge in [-0.3, -0.25) is 0 Å². The third-order valence-electron chi connectivity index (χ3n) is 2.80. The van der Waals surface area contributed by atoms with Crippen molar-refractivity contribution in [1.29, 1.82) is 0 Å². The van der Waals surface area contributed by atoms with Crippen molar-refractivity contribution in [1.82, 2.24) is 0 Å². The fraction of sp³-hybridized carbons (Fsp3) is 0.636. The quantitative estimate of drug-likeness (QED) is 0.457. The van der Waals surface area contributed by atoms with E-state index in [1.807, 2.05) is 0 Å². The average Bonchev–Trinajstić information content (AvgIpc) is 2.07. The van der Waals surface area contributed by atoms with Crippen molar-refractivity contribution < 1.29 is 21.5 Å². The molecule has 0 aliphatic carbocycles. The normalized spacial score (nSPS) is 20.0. The van der Waals surface area contributed by atoms with Crippen LogP contribution in [0, 0.1) is 0 Å². The van der Waals surface area contributed by atoms with Gasteiger partial charge in [-0.25, -0.2) is 0 Å². The molecule has 2 heteroatoms. The van der Waals surface area contributed by atoms with E-state index >= 15 is 0 Å². The van der Waals surface area contributed by atoms with E-state index in [1.54, 1.807) is 0 Å². The Balaban J connectivity index is 0.00000144. The van der Waals surface area contributed by atoms with Crippen LogP contribution in [0.3, 0.4) is 0 Å². The van der Waals surface area contributed by atoms with Gasteiger partial charge in [-0.2, -0.15) is 0 Å². The van der Waals surface area contributed by atoms with Crippen molar-refractivity contribution in [2.24, 2.45) is 0 Å². The zero-order valence-electron chi connectivity index (χ0n) is 8.34. The van der Waals surface area contributed by atoms with Crippen molar-refractivity contribution in [2.45, 2.75) is 19.3 Å². The van der Waals surface area contributed by atoms with E-state index in [2.05, 4.69) is 25.3 Å². The van der Waals surface area contributed by atoms with Gasteiger partial charge in [0.2, 0.25) is 0 Å². The molecule has 1 fully saturated rings. The van der Waals surface area contributed by atoms with Crippen molar-refractivity contribution in [2.75, 3.05) is 26.2 Å². The molecule has 0 saturated carbocycles. The van der Waals surface area contributed by atoms with Gasteiger partial charge in [-0.15, -0.1) is 0 Å². The highest BCUT2D eigenvalue weighted by Gasteiger charge is 2.26. The maximum atomic E-state index is 3.83. The molecule has 0 amide bonds. The van der Waals surface area contributed by atoms with Crippen LogP contribution in [-0.4, -0.2) is 30.7 Å². The summed E-state index contributed by atoms with van der Waals surface area (Å²) in [5.41, 5.74) is 0. The first kappa shape index (κ1) is 12.9. The Bertz CT molecular complexity index is 147. The molecule has 76 valence electrons. The summed E-state index contributed by atoms with van der Waals surface area (Å²) in [6.07, 6.45) is 8.27. The van der Waals surface area contributed by atoms with Gasteiger partial charge in [0.1, 0.15) is 0 Å². The molecule has 0 radical (unpaired) electrons. The summed E-state index contributed by atoms with van der Waals surface area (Å²) in [5, 5.41) is 0. The summed E-state index contributed by atoms with van der Waals surface area (Å²) in [6.45, 7) is 12.5. The number of hydrogen-bond donors (Lipinski definition) is 0. The molecule has 0 atom stereocenters. The van der Waals surface area contributed by atoms with E-state index in [0.717, 1.165) is 13.1 Å². The molecule has 1 aliphatic heterocycles. The van der Waals surface area contributed by atoms with Gasteiger partial charge >= 0.3 is 0 Å². The molecule has 1 rings (SSSR count). The fourth-order valence-electron chi connectivity index (χ4n) is 2.17. The lowest BCUT2D eigenvalue weighted by molar-refractivity contribution is -0.921. The molecule has 0 aromatic carbocycles. The number of rotatable bonds is 4. The van der Waals surface area contributed by atoms with Crippen LogP contribution in [0.1, 0.15) is 19.3 Å². The van der Waals surface area contributed by atoms with Gasteiger partial charge in [-0.1, -0.05) is 13.2 Å². The zero-order chi connectivity index (χ0) is 8.86. The fourth-order valence-corrected chi connectivity index (χ4v) is 2.17. The van der Waals surface area contributed by atoms with Crippen molar-refractivity contribution >= 4 is 0 Å². The van der Waals surface area contributed by atoms with Crippen LogP contribution in [0.25, 0.3) is 0 Å². The summed E-state index contributed by atoms with van der Waals surface area (Å²) in [6, 6.07) is 0. The topological polar surface area (TPSA) is 0 Å². The molecule has 1 nitrogen and oxygen atoms in total. The predicted octanol–water partition coefficient (Wildman–Crippen LogP) is -0.637. The monoisotopic (exact) mass is 245 g/mol. The van der Waals surface area contributed by atoms with Crippen molar-refractivity contribution in [3.05, 3.63) is 25.3 Å². The van der Waals surface area contributed by atoms with Crippen molar-refractivity contribution in [3.63, 3.8) is 0 Å². The summed E-state index contributed by atoms with van der Waals surface area (Å²) in [4.78, 5) is 0. The Labute approximate surface area is 92.5 Å². The maximum absolute atomic E-state index is 3.83. The van der Waals surface area contributed by atoms with Crippen LogP contribution < -0.4 is 17.0 Å². The Morgan fingerprint density at radius 2 is 1.38 bits per heavy atom. The molecule has 0 aromatic heterocycles. The summed E-state index contributed by atoms with van der Waals surface area (Å²) < 4.78 is 1.20. The lowest BCUT2D eigenvalue weighted by Gasteiger charge is -2.40. The molecule has 1 heterocycles. The van der Waals surface area contributed by atoms with E-state index in [-0.39, 0.29) is 17.0 Å². The second-order valence-corrected chi connectivity index (χ2v) is 3.79. The molecule has 0 unspecified atom stereocenters. The SMILES string of the molecule is C=CC[N+]1(CC=C)CCCCC1.[Br-]. The smallest absolute Gasteiger partial charge is 0.0973 e. The van der Waals surface area contributed by atoms with Crippen LogP contribution in [0.5, 0.6) is 0 Å². The summed E-state index contributed by atoms with van der Waals surface area (Å²) in [7, 11) is 0. The minimum absolute atomic E-state index is 0. The van der Waals surface area contributed by atoms with Crippen LogP contribution in [0.4, 0.5) is 0 Å². The zero-order valence-corrected chi connectivity index (χ0v) is 9.93. The van der Waals surface area contributed by atoms with E-state index in [9.17, 15) is 0 Å². The van der Waals surface area contributed by atoms with Gasteiger partial charge in [0, 0.05) is 0 Å². The molecule has 0 spiro atoms. The highest BCUT2D eigenvalue weighted by atomic mass is 79.9. The third kappa shape index (κ3) is 3.65. The Morgan fingerprint density at radius 1 is 0.923 bits per heavy atom. The van der Waals surface area contributed by atoms with Crippen LogP contribution in [-0.2, 0) is 0 Å². The van der Waals surface area contributed by atoms with Crippen LogP contribution in [0.2, 0.25) is 0 Å². The lowest BCUT2D eigenvalue weighted by atomic mass is 10.1. The van der Waals surface area contributed by atoms with E-state index in [4.69, 9.17) is 0 Å². The molecule has 1 saturated heterocycles. The molecular formula is C11H20BrN. The number of halogens is 1. The van der Waals surface area contributed by atoms with E-state index in [0.29, 0.717) is 0 Å². The first-order chi connectivity index (χ1) is 5.83.